The first-order valence-corrected chi connectivity index (χ1v) is 14.3. The number of hydrogen-bond donors (Lipinski definition) is 5. The van der Waals surface area contributed by atoms with Crippen LogP contribution in [0.3, 0.4) is 0 Å². The highest BCUT2D eigenvalue weighted by molar-refractivity contribution is 5.79. The van der Waals surface area contributed by atoms with Gasteiger partial charge in [0.2, 0.25) is 5.91 Å². The van der Waals surface area contributed by atoms with Crippen LogP contribution in [0.2, 0.25) is 0 Å². The molecule has 0 aromatic heterocycles. The molecule has 6 atom stereocenters. The van der Waals surface area contributed by atoms with Crippen molar-refractivity contribution in [2.24, 2.45) is 23.7 Å². The van der Waals surface area contributed by atoms with Gasteiger partial charge in [0.25, 0.3) is 0 Å². The summed E-state index contributed by atoms with van der Waals surface area (Å²) in [6, 6.07) is 9.13. The second kappa shape index (κ2) is 14.5. The van der Waals surface area contributed by atoms with E-state index in [1.54, 1.807) is 0 Å². The summed E-state index contributed by atoms with van der Waals surface area (Å²) in [7, 11) is 0. The average Bonchev–Trinajstić information content (AvgIpc) is 3.66. The lowest BCUT2D eigenvalue weighted by Crippen LogP contribution is -2.52. The Balaban J connectivity index is 1.66. The first-order valence-electron chi connectivity index (χ1n) is 14.3. The van der Waals surface area contributed by atoms with Gasteiger partial charge in [-0.3, -0.25) is 4.79 Å². The van der Waals surface area contributed by atoms with Gasteiger partial charge in [0.15, 0.2) is 0 Å². The molecule has 2 aliphatic rings. The lowest BCUT2D eigenvalue weighted by Gasteiger charge is -2.34. The first kappa shape index (κ1) is 29.1. The normalized spacial score (nSPS) is 22.0. The van der Waals surface area contributed by atoms with Gasteiger partial charge in [-0.1, -0.05) is 89.1 Å². The molecule has 0 bridgehead atoms. The van der Waals surface area contributed by atoms with Gasteiger partial charge in [-0.15, -0.1) is 0 Å². The van der Waals surface area contributed by atoms with Crippen molar-refractivity contribution in [2.45, 2.75) is 121 Å². The van der Waals surface area contributed by atoms with E-state index in [9.17, 15) is 25.2 Å². The second-order valence-corrected chi connectivity index (χ2v) is 12.0. The minimum Gasteiger partial charge on any atom is -0.393 e. The number of rotatable bonds is 15. The van der Waals surface area contributed by atoms with Crippen LogP contribution >= 0.6 is 0 Å². The van der Waals surface area contributed by atoms with E-state index in [1.807, 2.05) is 44.2 Å². The maximum atomic E-state index is 13.5. The summed E-state index contributed by atoms with van der Waals surface area (Å²) >= 11 is 0. The van der Waals surface area contributed by atoms with Crippen LogP contribution in [-0.2, 0) is 11.2 Å². The van der Waals surface area contributed by atoms with Gasteiger partial charge in [0, 0.05) is 6.42 Å². The van der Waals surface area contributed by atoms with Gasteiger partial charge in [-0.05, 0) is 49.0 Å². The Morgan fingerprint density at radius 2 is 1.50 bits per heavy atom. The summed E-state index contributed by atoms with van der Waals surface area (Å²) in [6.07, 6.45) is 6.46. The summed E-state index contributed by atoms with van der Waals surface area (Å²) in [6.45, 7) is 4.01. The van der Waals surface area contributed by atoms with Crippen molar-refractivity contribution in [3.05, 3.63) is 35.9 Å². The standard InChI is InChI=1S/C30H49NO5/c1-20(2)15-28(34)29(35)26(18-22-11-7-4-8-12-22)31-30(36)25(17-23-13-14-23)27(33)19-24(32)16-21-9-5-3-6-10-21/h3,5-6,9-10,20,22-29,32-35H,4,7-8,11-19H2,1-2H3,(H,31,36)/t24-,25-,26+,27-,28+,29-/m1/s1. The molecule has 6 heteroatoms. The number of aliphatic hydroxyl groups excluding tert-OH is 4. The maximum absolute atomic E-state index is 13.5. The van der Waals surface area contributed by atoms with Crippen molar-refractivity contribution < 1.29 is 25.2 Å². The molecule has 0 radical (unpaired) electrons. The minimum absolute atomic E-state index is 0.130. The first-order chi connectivity index (χ1) is 17.2. The minimum atomic E-state index is -1.04. The SMILES string of the molecule is CC(C)C[C@H](O)[C@H](O)[C@H](CC1CCCCC1)NC(=O)[C@H](CC1CC1)[C@H](O)C[C@H](O)Cc1ccccc1. The summed E-state index contributed by atoms with van der Waals surface area (Å²) in [4.78, 5) is 13.5. The summed E-state index contributed by atoms with van der Waals surface area (Å²) in [5.41, 5.74) is 0.996. The highest BCUT2D eigenvalue weighted by Gasteiger charge is 2.38. The molecule has 1 amide bonds. The molecule has 2 fully saturated rings. The van der Waals surface area contributed by atoms with Crippen LogP contribution in [0.15, 0.2) is 30.3 Å². The fraction of sp³-hybridized carbons (Fsp3) is 0.767. The topological polar surface area (TPSA) is 110 Å². The highest BCUT2D eigenvalue weighted by Crippen LogP contribution is 2.37. The van der Waals surface area contributed by atoms with Crippen LogP contribution in [0, 0.1) is 23.7 Å². The molecule has 5 N–H and O–H groups in total. The number of carbonyl (C=O) groups is 1. The van der Waals surface area contributed by atoms with E-state index >= 15 is 0 Å². The molecule has 0 spiro atoms. The third-order valence-corrected chi connectivity index (χ3v) is 8.07. The van der Waals surface area contributed by atoms with Gasteiger partial charge >= 0.3 is 0 Å². The second-order valence-electron chi connectivity index (χ2n) is 12.0. The van der Waals surface area contributed by atoms with Crippen LogP contribution in [0.25, 0.3) is 0 Å². The van der Waals surface area contributed by atoms with Crippen LogP contribution in [-0.4, -0.2) is 56.8 Å². The number of carbonyl (C=O) groups excluding carboxylic acids is 1. The van der Waals surface area contributed by atoms with E-state index in [-0.39, 0.29) is 18.2 Å². The molecule has 204 valence electrons. The quantitative estimate of drug-likeness (QED) is 0.249. The Kier molecular flexibility index (Phi) is 11.7. The molecule has 0 heterocycles. The zero-order chi connectivity index (χ0) is 26.1. The maximum Gasteiger partial charge on any atom is 0.226 e. The van der Waals surface area contributed by atoms with Gasteiger partial charge in [-0.25, -0.2) is 0 Å². The number of benzene rings is 1. The van der Waals surface area contributed by atoms with Gasteiger partial charge in [-0.2, -0.15) is 0 Å². The summed E-state index contributed by atoms with van der Waals surface area (Å²) in [5.74, 6) is 0.180. The Morgan fingerprint density at radius 3 is 2.11 bits per heavy atom. The Bertz CT molecular complexity index is 762. The predicted octanol–water partition coefficient (Wildman–Crippen LogP) is 3.98. The molecule has 0 saturated heterocycles. The van der Waals surface area contributed by atoms with Gasteiger partial charge < -0.3 is 25.7 Å². The summed E-state index contributed by atoms with van der Waals surface area (Å²) < 4.78 is 0. The van der Waals surface area contributed by atoms with Crippen molar-refractivity contribution in [2.75, 3.05) is 0 Å². The van der Waals surface area contributed by atoms with E-state index in [4.69, 9.17) is 0 Å². The lowest BCUT2D eigenvalue weighted by molar-refractivity contribution is -0.132. The molecule has 1 aromatic rings. The third kappa shape index (κ3) is 9.77. The van der Waals surface area contributed by atoms with E-state index < -0.39 is 36.4 Å². The zero-order valence-corrected chi connectivity index (χ0v) is 22.3. The van der Waals surface area contributed by atoms with Crippen LogP contribution in [0.1, 0.15) is 90.0 Å². The van der Waals surface area contributed by atoms with Crippen molar-refractivity contribution in [1.82, 2.24) is 5.32 Å². The van der Waals surface area contributed by atoms with Crippen LogP contribution in [0.4, 0.5) is 0 Å². The molecular formula is C30H49NO5. The molecule has 2 aliphatic carbocycles. The number of amides is 1. The average molecular weight is 504 g/mol. The number of nitrogens with one attached hydrogen (secondary N) is 1. The Labute approximate surface area is 217 Å². The van der Waals surface area contributed by atoms with Gasteiger partial charge in [0.1, 0.15) is 6.10 Å². The molecule has 1 aromatic carbocycles. The van der Waals surface area contributed by atoms with Crippen molar-refractivity contribution >= 4 is 5.91 Å². The van der Waals surface area contributed by atoms with Crippen LogP contribution < -0.4 is 5.32 Å². The molecule has 3 rings (SSSR count). The Hall–Kier alpha value is -1.47. The number of hydrogen-bond acceptors (Lipinski definition) is 5. The molecule has 0 unspecified atom stereocenters. The van der Waals surface area contributed by atoms with Crippen molar-refractivity contribution in [1.29, 1.82) is 0 Å². The number of aliphatic hydroxyl groups is 4. The van der Waals surface area contributed by atoms with Crippen LogP contribution in [0.5, 0.6) is 0 Å². The molecular weight excluding hydrogens is 454 g/mol. The molecule has 36 heavy (non-hydrogen) atoms. The zero-order valence-electron chi connectivity index (χ0n) is 22.3. The van der Waals surface area contributed by atoms with E-state index in [0.29, 0.717) is 37.5 Å². The smallest absolute Gasteiger partial charge is 0.226 e. The van der Waals surface area contributed by atoms with E-state index in [2.05, 4.69) is 5.32 Å². The fourth-order valence-electron chi connectivity index (χ4n) is 5.81. The van der Waals surface area contributed by atoms with E-state index in [0.717, 1.165) is 44.1 Å². The van der Waals surface area contributed by atoms with Crippen molar-refractivity contribution in [3.63, 3.8) is 0 Å². The highest BCUT2D eigenvalue weighted by atomic mass is 16.3. The molecule has 6 nitrogen and oxygen atoms in total. The largest absolute Gasteiger partial charge is 0.393 e. The molecule has 0 aliphatic heterocycles. The van der Waals surface area contributed by atoms with Gasteiger partial charge in [0.05, 0.1) is 30.3 Å². The monoisotopic (exact) mass is 503 g/mol. The third-order valence-electron chi connectivity index (χ3n) is 8.07. The predicted molar refractivity (Wildman–Crippen MR) is 142 cm³/mol. The van der Waals surface area contributed by atoms with Crippen molar-refractivity contribution in [3.8, 4) is 0 Å². The fourth-order valence-corrected chi connectivity index (χ4v) is 5.81. The van der Waals surface area contributed by atoms with E-state index in [1.165, 1.54) is 6.42 Å². The molecule has 2 saturated carbocycles. The lowest BCUT2D eigenvalue weighted by atomic mass is 9.82. The summed E-state index contributed by atoms with van der Waals surface area (Å²) in [5, 5.41) is 46.5. The Morgan fingerprint density at radius 1 is 0.861 bits per heavy atom.